The van der Waals surface area contributed by atoms with Gasteiger partial charge in [0, 0.05) is 1.43 Å². The molecule has 0 atom stereocenters. The van der Waals surface area contributed by atoms with Gasteiger partial charge in [-0.05, 0) is 25.4 Å². The van der Waals surface area contributed by atoms with Crippen molar-refractivity contribution < 1.29 is 1.43 Å². The van der Waals surface area contributed by atoms with E-state index in [0.29, 0.717) is 0 Å². The molecule has 0 saturated heterocycles. The molecule has 0 aromatic rings. The summed E-state index contributed by atoms with van der Waals surface area (Å²) in [5, 5.41) is 3.39. The molecule has 0 spiro atoms. The summed E-state index contributed by atoms with van der Waals surface area (Å²) < 4.78 is 0. The van der Waals surface area contributed by atoms with E-state index >= 15 is 0 Å². The highest BCUT2D eigenvalue weighted by Gasteiger charge is 1.89. The minimum Gasteiger partial charge on any atom is -0.316 e. The summed E-state index contributed by atoms with van der Waals surface area (Å²) in [6.45, 7) is 13.0. The molecule has 72 valence electrons. The zero-order valence-electron chi connectivity index (χ0n) is 8.91. The molecule has 0 fully saturated rings. The van der Waals surface area contributed by atoms with Crippen LogP contribution in [0.25, 0.3) is 0 Å². The molecular weight excluding hydrogens is 134 g/mol. The molecule has 11 heavy (non-hydrogen) atoms. The molecule has 0 rings (SSSR count). The fourth-order valence-corrected chi connectivity index (χ4v) is 0.693. The lowest BCUT2D eigenvalue weighted by Crippen LogP contribution is -2.20. The summed E-state index contributed by atoms with van der Waals surface area (Å²) in [6, 6.07) is 0. The molecule has 1 N–H and O–H groups in total. The van der Waals surface area contributed by atoms with Crippen LogP contribution in [0.3, 0.4) is 0 Å². The second-order valence-corrected chi connectivity index (χ2v) is 2.95. The number of hydrogen-bond donors (Lipinski definition) is 1. The molecule has 0 heterocycles. The predicted molar refractivity (Wildman–Crippen MR) is 56.1 cm³/mol. The van der Waals surface area contributed by atoms with Gasteiger partial charge in [-0.15, -0.1) is 0 Å². The maximum atomic E-state index is 3.39. The van der Waals surface area contributed by atoms with E-state index in [1.165, 1.54) is 25.9 Å². The summed E-state index contributed by atoms with van der Waals surface area (Å²) in [7, 11) is 0. The van der Waals surface area contributed by atoms with Crippen LogP contribution in [0.2, 0.25) is 0 Å². The first-order valence-electron chi connectivity index (χ1n) is 4.98. The molecule has 1 heteroatoms. The lowest BCUT2D eigenvalue weighted by atomic mass is 10.2. The number of rotatable bonds is 5. The van der Waals surface area contributed by atoms with Crippen LogP contribution < -0.4 is 5.32 Å². The first kappa shape index (κ1) is 13.5. The smallest absolute Gasteiger partial charge is 0 e. The molecule has 0 saturated carbocycles. The lowest BCUT2D eigenvalue weighted by molar-refractivity contribution is 0.540. The highest BCUT2D eigenvalue weighted by molar-refractivity contribution is 4.49. The van der Waals surface area contributed by atoms with Crippen molar-refractivity contribution in [1.29, 1.82) is 0 Å². The number of hydrogen-bond acceptors (Lipinski definition) is 1. The summed E-state index contributed by atoms with van der Waals surface area (Å²) in [5.41, 5.74) is 0. The van der Waals surface area contributed by atoms with Crippen LogP contribution in [0.15, 0.2) is 0 Å². The number of nitrogens with one attached hydrogen (secondary N) is 1. The van der Waals surface area contributed by atoms with Crippen molar-refractivity contribution in [3.8, 4) is 0 Å². The average Bonchev–Trinajstić information content (AvgIpc) is 2.02. The second-order valence-electron chi connectivity index (χ2n) is 2.95. The van der Waals surface area contributed by atoms with E-state index in [0.717, 1.165) is 5.92 Å². The van der Waals surface area contributed by atoms with Crippen molar-refractivity contribution in [3.05, 3.63) is 0 Å². The van der Waals surface area contributed by atoms with Crippen molar-refractivity contribution in [2.24, 2.45) is 5.92 Å². The van der Waals surface area contributed by atoms with Gasteiger partial charge in [0.05, 0.1) is 0 Å². The Labute approximate surface area is 74.1 Å². The van der Waals surface area contributed by atoms with Gasteiger partial charge in [-0.3, -0.25) is 0 Å². The Morgan fingerprint density at radius 2 is 1.82 bits per heavy atom. The monoisotopic (exact) mass is 161 g/mol. The Morgan fingerprint density at radius 3 is 2.18 bits per heavy atom. The maximum absolute atomic E-state index is 3.39. The van der Waals surface area contributed by atoms with Crippen LogP contribution in [-0.4, -0.2) is 13.1 Å². The fraction of sp³-hybridized carbons (Fsp3) is 1.00. The normalized spacial score (nSPS) is 9.27. The highest BCUT2D eigenvalue weighted by Crippen LogP contribution is 1.88. The van der Waals surface area contributed by atoms with Gasteiger partial charge >= 0.3 is 0 Å². The highest BCUT2D eigenvalue weighted by atomic mass is 14.8. The molecule has 0 aliphatic rings. The third-order valence-corrected chi connectivity index (χ3v) is 1.26. The quantitative estimate of drug-likeness (QED) is 0.610. The molecule has 0 amide bonds. The van der Waals surface area contributed by atoms with Crippen molar-refractivity contribution in [2.45, 2.75) is 47.5 Å². The van der Waals surface area contributed by atoms with Crippen LogP contribution in [0, 0.1) is 5.92 Å². The SMILES string of the molecule is CC.CCCCNCC(C)C.[HH]. The van der Waals surface area contributed by atoms with Gasteiger partial charge in [-0.1, -0.05) is 41.0 Å². The molecule has 0 radical (unpaired) electrons. The van der Waals surface area contributed by atoms with Crippen LogP contribution >= 0.6 is 0 Å². The molecule has 0 aliphatic heterocycles. The third kappa shape index (κ3) is 17.8. The van der Waals surface area contributed by atoms with Gasteiger partial charge in [0.1, 0.15) is 0 Å². The van der Waals surface area contributed by atoms with Crippen LogP contribution in [0.4, 0.5) is 0 Å². The third-order valence-electron chi connectivity index (χ3n) is 1.26. The first-order valence-corrected chi connectivity index (χ1v) is 4.98. The zero-order chi connectivity index (χ0) is 9.11. The van der Waals surface area contributed by atoms with Gasteiger partial charge in [-0.2, -0.15) is 0 Å². The Hall–Kier alpha value is -0.0400. The van der Waals surface area contributed by atoms with Crippen LogP contribution in [-0.2, 0) is 0 Å². The van der Waals surface area contributed by atoms with Crippen LogP contribution in [0.1, 0.15) is 48.9 Å². The van der Waals surface area contributed by atoms with Gasteiger partial charge < -0.3 is 5.32 Å². The Morgan fingerprint density at radius 1 is 1.27 bits per heavy atom. The Bertz CT molecular complexity index is 55.8. The van der Waals surface area contributed by atoms with E-state index in [-0.39, 0.29) is 1.43 Å². The van der Waals surface area contributed by atoms with Gasteiger partial charge in [0.25, 0.3) is 0 Å². The summed E-state index contributed by atoms with van der Waals surface area (Å²) >= 11 is 0. The van der Waals surface area contributed by atoms with E-state index in [1.807, 2.05) is 13.8 Å². The van der Waals surface area contributed by atoms with Crippen LogP contribution in [0.5, 0.6) is 0 Å². The van der Waals surface area contributed by atoms with Gasteiger partial charge in [-0.25, -0.2) is 0 Å². The van der Waals surface area contributed by atoms with E-state index in [4.69, 9.17) is 0 Å². The minimum absolute atomic E-state index is 0. The standard InChI is InChI=1S/C8H19N.C2H6.H2/c1-4-5-6-9-7-8(2)3;1-2;/h8-9H,4-7H2,1-3H3;1-2H3;1H. The molecule has 0 aliphatic carbocycles. The molecule has 1 nitrogen and oxygen atoms in total. The molecular formula is C10H27N. The Kier molecular flexibility index (Phi) is 15.5. The summed E-state index contributed by atoms with van der Waals surface area (Å²) in [6.07, 6.45) is 2.61. The topological polar surface area (TPSA) is 12.0 Å². The van der Waals surface area contributed by atoms with E-state index < -0.39 is 0 Å². The fourth-order valence-electron chi connectivity index (χ4n) is 0.693. The van der Waals surface area contributed by atoms with E-state index in [1.54, 1.807) is 0 Å². The maximum Gasteiger partial charge on any atom is 0 e. The van der Waals surface area contributed by atoms with Gasteiger partial charge in [0.15, 0.2) is 0 Å². The van der Waals surface area contributed by atoms with Crippen molar-refractivity contribution in [2.75, 3.05) is 13.1 Å². The molecule has 0 aromatic carbocycles. The van der Waals surface area contributed by atoms with Crippen molar-refractivity contribution in [1.82, 2.24) is 5.32 Å². The average molecular weight is 161 g/mol. The van der Waals surface area contributed by atoms with Gasteiger partial charge in [0.2, 0.25) is 0 Å². The van der Waals surface area contributed by atoms with Crippen molar-refractivity contribution in [3.63, 3.8) is 0 Å². The van der Waals surface area contributed by atoms with E-state index in [2.05, 4.69) is 26.1 Å². The first-order chi connectivity index (χ1) is 5.27. The minimum atomic E-state index is 0. The van der Waals surface area contributed by atoms with E-state index in [9.17, 15) is 0 Å². The lowest BCUT2D eigenvalue weighted by Gasteiger charge is -2.05. The molecule has 0 unspecified atom stereocenters. The zero-order valence-corrected chi connectivity index (χ0v) is 8.91. The second kappa shape index (κ2) is 12.6. The summed E-state index contributed by atoms with van der Waals surface area (Å²) in [5.74, 6) is 0.793. The predicted octanol–water partition coefficient (Wildman–Crippen LogP) is 3.30. The largest absolute Gasteiger partial charge is 0.316 e. The molecule has 0 bridgehead atoms. The Balaban J connectivity index is -0.000000249. The molecule has 0 aromatic heterocycles. The van der Waals surface area contributed by atoms with Crippen molar-refractivity contribution >= 4 is 0 Å². The number of unbranched alkanes of at least 4 members (excludes halogenated alkanes) is 1. The summed E-state index contributed by atoms with van der Waals surface area (Å²) in [4.78, 5) is 0.